The Bertz CT molecular complexity index is 3950. The van der Waals surface area contributed by atoms with Crippen molar-refractivity contribution in [2.45, 2.75) is 102 Å². The summed E-state index contributed by atoms with van der Waals surface area (Å²) in [6, 6.07) is 83.9. The zero-order chi connectivity index (χ0) is 52.7. The molecule has 382 valence electrons. The summed E-state index contributed by atoms with van der Waals surface area (Å²) in [4.78, 5) is 5.42. The van der Waals surface area contributed by atoms with Crippen molar-refractivity contribution in [2.75, 3.05) is 9.80 Å². The van der Waals surface area contributed by atoms with Crippen LogP contribution >= 0.6 is 0 Å². The standard InChI is InChI=1S/C76H68N2/c1-49-21-19-43-73(3)67-47-55(37-41-69(67)77(75(49,73)5)57-27-9-7-10-28-57)53-35-39-63-65(45-53)71(61-33-17-25-51-23-13-15-31-59(51)61)64-40-36-54(46-66(64)72(63)62-34-18-26-52-24-14-16-32-60(52)62)56-38-42-70-68(48-56)74(4)44-20-22-50(2)76(74,6)78(70)58-29-11-8-12-30-58/h7-18,23-42,45-50H,19-22,43-44H2,1-6H3. The Morgan fingerprint density at radius 1 is 0.346 bits per heavy atom. The topological polar surface area (TPSA) is 6.48 Å². The van der Waals surface area contributed by atoms with E-state index in [1.807, 2.05) is 0 Å². The molecule has 4 aliphatic rings. The van der Waals surface area contributed by atoms with Gasteiger partial charge in [0.25, 0.3) is 0 Å². The third-order valence-corrected chi connectivity index (χ3v) is 21.3. The highest BCUT2D eigenvalue weighted by Gasteiger charge is 2.62. The SMILES string of the molecule is CC1CCCC2(C)c3cc(-c4ccc5c(-c6cccc7ccccc67)c6cc(-c7ccc8c(c7)C7(C)CCCC(C)C7(C)N8c7ccccc7)ccc6c(-c6cccc7ccccc67)c5c4)ccc3N(c3ccccc3)C12C. The maximum absolute atomic E-state index is 2.71. The molecule has 2 heterocycles. The molecule has 78 heavy (non-hydrogen) atoms. The van der Waals surface area contributed by atoms with Gasteiger partial charge in [-0.2, -0.15) is 0 Å². The molecule has 0 spiro atoms. The number of hydrogen-bond acceptors (Lipinski definition) is 2. The summed E-state index contributed by atoms with van der Waals surface area (Å²) in [7, 11) is 0. The number of hydrogen-bond donors (Lipinski definition) is 0. The zero-order valence-corrected chi connectivity index (χ0v) is 46.1. The van der Waals surface area contributed by atoms with E-state index in [-0.39, 0.29) is 21.9 Å². The van der Waals surface area contributed by atoms with Gasteiger partial charge in [-0.3, -0.25) is 0 Å². The molecule has 6 atom stereocenters. The lowest BCUT2D eigenvalue weighted by molar-refractivity contribution is 0.130. The van der Waals surface area contributed by atoms with Crippen molar-refractivity contribution in [3.05, 3.63) is 230 Å². The minimum Gasteiger partial charge on any atom is -0.334 e. The lowest BCUT2D eigenvalue weighted by Crippen LogP contribution is -2.59. The fourth-order valence-corrected chi connectivity index (χ4v) is 16.7. The summed E-state index contributed by atoms with van der Waals surface area (Å²) in [5.74, 6) is 1.06. The van der Waals surface area contributed by atoms with Gasteiger partial charge in [-0.25, -0.2) is 0 Å². The van der Waals surface area contributed by atoms with Crippen LogP contribution in [0, 0.1) is 11.8 Å². The number of rotatable bonds is 6. The average molecular weight is 1010 g/mol. The van der Waals surface area contributed by atoms with E-state index in [4.69, 9.17) is 0 Å². The van der Waals surface area contributed by atoms with Crippen LogP contribution in [0.1, 0.15) is 91.2 Å². The van der Waals surface area contributed by atoms with Gasteiger partial charge in [-0.1, -0.05) is 198 Å². The molecule has 2 nitrogen and oxygen atoms in total. The third kappa shape index (κ3) is 6.44. The molecule has 2 aliphatic carbocycles. The van der Waals surface area contributed by atoms with E-state index in [1.165, 1.54) is 160 Å². The molecule has 0 radical (unpaired) electrons. The number of anilines is 4. The number of nitrogens with zero attached hydrogens (tertiary/aromatic N) is 2. The first-order chi connectivity index (χ1) is 38.0. The van der Waals surface area contributed by atoms with E-state index in [0.29, 0.717) is 11.8 Å². The van der Waals surface area contributed by atoms with Gasteiger partial charge < -0.3 is 9.80 Å². The summed E-state index contributed by atoms with van der Waals surface area (Å²) in [6.07, 6.45) is 7.32. The highest BCUT2D eigenvalue weighted by Crippen LogP contribution is 2.65. The molecule has 11 aromatic rings. The molecular weight excluding hydrogens is 941 g/mol. The Balaban J connectivity index is 0.989. The van der Waals surface area contributed by atoms with E-state index in [0.717, 1.165) is 0 Å². The van der Waals surface area contributed by atoms with Crippen molar-refractivity contribution in [2.24, 2.45) is 11.8 Å². The summed E-state index contributed by atoms with van der Waals surface area (Å²) in [5, 5.41) is 10.1. The van der Waals surface area contributed by atoms with Crippen LogP contribution in [0.25, 0.3) is 87.6 Å². The Morgan fingerprint density at radius 3 is 1.15 bits per heavy atom. The molecule has 0 saturated heterocycles. The molecule has 15 rings (SSSR count). The van der Waals surface area contributed by atoms with Gasteiger partial charge in [0.2, 0.25) is 0 Å². The van der Waals surface area contributed by atoms with Crippen LogP contribution in [0.3, 0.4) is 0 Å². The van der Waals surface area contributed by atoms with Crippen LogP contribution in [-0.4, -0.2) is 11.1 Å². The van der Waals surface area contributed by atoms with Crippen molar-refractivity contribution in [1.29, 1.82) is 0 Å². The van der Waals surface area contributed by atoms with Crippen LogP contribution in [0.2, 0.25) is 0 Å². The third-order valence-electron chi connectivity index (χ3n) is 21.3. The first-order valence-corrected chi connectivity index (χ1v) is 29.0. The van der Waals surface area contributed by atoms with Crippen LogP contribution in [-0.2, 0) is 10.8 Å². The second-order valence-electron chi connectivity index (χ2n) is 24.7. The first kappa shape index (κ1) is 47.3. The van der Waals surface area contributed by atoms with Crippen molar-refractivity contribution < 1.29 is 0 Å². The molecule has 2 aliphatic heterocycles. The number of benzene rings is 11. The van der Waals surface area contributed by atoms with Crippen molar-refractivity contribution >= 4 is 65.8 Å². The zero-order valence-electron chi connectivity index (χ0n) is 46.1. The monoisotopic (exact) mass is 1010 g/mol. The summed E-state index contributed by atoms with van der Waals surface area (Å²) < 4.78 is 0. The van der Waals surface area contributed by atoms with E-state index >= 15 is 0 Å². The van der Waals surface area contributed by atoms with Crippen LogP contribution < -0.4 is 9.80 Å². The minimum atomic E-state index is -0.0566. The van der Waals surface area contributed by atoms with Gasteiger partial charge in [-0.05, 0) is 211 Å². The first-order valence-electron chi connectivity index (χ1n) is 29.0. The van der Waals surface area contributed by atoms with Crippen molar-refractivity contribution in [3.63, 3.8) is 0 Å². The molecule has 2 fully saturated rings. The summed E-state index contributed by atoms with van der Waals surface area (Å²) in [5.41, 5.74) is 18.3. The highest BCUT2D eigenvalue weighted by atomic mass is 15.3. The molecule has 0 N–H and O–H groups in total. The Kier molecular flexibility index (Phi) is 10.5. The largest absolute Gasteiger partial charge is 0.334 e. The Morgan fingerprint density at radius 2 is 0.718 bits per heavy atom. The lowest BCUT2D eigenvalue weighted by atomic mass is 9.57. The quantitative estimate of drug-likeness (QED) is 0.153. The molecule has 11 aromatic carbocycles. The predicted octanol–water partition coefficient (Wildman–Crippen LogP) is 20.9. The second kappa shape index (κ2) is 17.3. The van der Waals surface area contributed by atoms with E-state index < -0.39 is 0 Å². The number of para-hydroxylation sites is 2. The predicted molar refractivity (Wildman–Crippen MR) is 333 cm³/mol. The fraction of sp³-hybridized carbons (Fsp3) is 0.237. The fourth-order valence-electron chi connectivity index (χ4n) is 16.7. The van der Waals surface area contributed by atoms with Gasteiger partial charge in [0.1, 0.15) is 0 Å². The molecule has 2 heteroatoms. The van der Waals surface area contributed by atoms with Gasteiger partial charge in [0, 0.05) is 33.6 Å². The van der Waals surface area contributed by atoms with E-state index in [1.54, 1.807) is 0 Å². The van der Waals surface area contributed by atoms with E-state index in [9.17, 15) is 0 Å². The number of fused-ring (bicyclic) bond motifs is 10. The maximum atomic E-state index is 2.71. The minimum absolute atomic E-state index is 0.0153. The van der Waals surface area contributed by atoms with Crippen LogP contribution in [0.15, 0.2) is 218 Å². The molecular formula is C76H68N2. The second-order valence-corrected chi connectivity index (χ2v) is 24.7. The Labute approximate surface area is 461 Å². The van der Waals surface area contributed by atoms with Crippen LogP contribution in [0.5, 0.6) is 0 Å². The summed E-state index contributed by atoms with van der Waals surface area (Å²) in [6.45, 7) is 15.2. The molecule has 2 saturated carbocycles. The average Bonchev–Trinajstić information content (AvgIpc) is 3.97. The Hall–Kier alpha value is -7.94. The van der Waals surface area contributed by atoms with Crippen LogP contribution in [0.4, 0.5) is 22.7 Å². The summed E-state index contributed by atoms with van der Waals surface area (Å²) >= 11 is 0. The highest BCUT2D eigenvalue weighted by molar-refractivity contribution is 6.26. The van der Waals surface area contributed by atoms with E-state index in [2.05, 4.69) is 270 Å². The van der Waals surface area contributed by atoms with Gasteiger partial charge in [-0.15, -0.1) is 0 Å². The molecule has 0 bridgehead atoms. The molecule has 0 amide bonds. The van der Waals surface area contributed by atoms with Crippen molar-refractivity contribution in [3.8, 4) is 44.5 Å². The molecule has 0 aromatic heterocycles. The van der Waals surface area contributed by atoms with Gasteiger partial charge >= 0.3 is 0 Å². The maximum Gasteiger partial charge on any atom is 0.0543 e. The normalized spacial score (nSPS) is 24.4. The van der Waals surface area contributed by atoms with Crippen molar-refractivity contribution in [1.82, 2.24) is 0 Å². The molecule has 6 unspecified atom stereocenters. The smallest absolute Gasteiger partial charge is 0.0543 e. The van der Waals surface area contributed by atoms with Gasteiger partial charge in [0.15, 0.2) is 0 Å². The van der Waals surface area contributed by atoms with Gasteiger partial charge in [0.05, 0.1) is 11.1 Å². The lowest BCUT2D eigenvalue weighted by Gasteiger charge is -2.54.